The zero-order valence-corrected chi connectivity index (χ0v) is 12.9. The number of hydrogen-bond donors (Lipinski definition) is 2. The monoisotopic (exact) mass is 280 g/mol. The van der Waals surface area contributed by atoms with E-state index in [1.165, 1.54) is 0 Å². The van der Waals surface area contributed by atoms with E-state index < -0.39 is 5.92 Å². The van der Waals surface area contributed by atoms with Gasteiger partial charge in [0, 0.05) is 17.4 Å². The molecular formula is C16H28N2O2. The molecule has 1 aliphatic carbocycles. The van der Waals surface area contributed by atoms with Crippen molar-refractivity contribution in [1.82, 2.24) is 5.32 Å². The number of amides is 2. The van der Waals surface area contributed by atoms with E-state index in [1.54, 1.807) is 6.08 Å². The van der Waals surface area contributed by atoms with Gasteiger partial charge in [0.15, 0.2) is 0 Å². The van der Waals surface area contributed by atoms with Crippen molar-refractivity contribution >= 4 is 11.8 Å². The first-order valence-corrected chi connectivity index (χ1v) is 7.47. The van der Waals surface area contributed by atoms with Crippen LogP contribution in [0.25, 0.3) is 0 Å². The van der Waals surface area contributed by atoms with Gasteiger partial charge in [-0.3, -0.25) is 9.59 Å². The lowest BCUT2D eigenvalue weighted by Crippen LogP contribution is -2.47. The molecule has 0 aromatic heterocycles. The number of rotatable bonds is 8. The van der Waals surface area contributed by atoms with E-state index in [2.05, 4.69) is 11.9 Å². The lowest BCUT2D eigenvalue weighted by Gasteiger charge is -2.28. The van der Waals surface area contributed by atoms with Crippen LogP contribution < -0.4 is 11.1 Å². The van der Waals surface area contributed by atoms with Gasteiger partial charge in [0.05, 0.1) is 0 Å². The third-order valence-electron chi connectivity index (χ3n) is 3.65. The van der Waals surface area contributed by atoms with Gasteiger partial charge in [-0.2, -0.15) is 0 Å². The van der Waals surface area contributed by atoms with Gasteiger partial charge in [0.2, 0.25) is 11.8 Å². The van der Waals surface area contributed by atoms with Crippen molar-refractivity contribution in [3.8, 4) is 0 Å². The highest BCUT2D eigenvalue weighted by Crippen LogP contribution is 2.38. The molecular weight excluding hydrogens is 252 g/mol. The number of hydrogen-bond acceptors (Lipinski definition) is 2. The largest absolute Gasteiger partial charge is 0.369 e. The average Bonchev–Trinajstić information content (AvgIpc) is 3.09. The van der Waals surface area contributed by atoms with Gasteiger partial charge >= 0.3 is 0 Å². The third-order valence-corrected chi connectivity index (χ3v) is 3.65. The van der Waals surface area contributed by atoms with Gasteiger partial charge in [-0.15, -0.1) is 6.58 Å². The van der Waals surface area contributed by atoms with Crippen molar-refractivity contribution < 1.29 is 9.59 Å². The van der Waals surface area contributed by atoms with Crippen LogP contribution in [-0.4, -0.2) is 17.4 Å². The summed E-state index contributed by atoms with van der Waals surface area (Å²) in [5, 5.41) is 2.99. The van der Waals surface area contributed by atoms with Crippen molar-refractivity contribution in [2.24, 2.45) is 23.5 Å². The molecule has 0 bridgehead atoms. The Balaban J connectivity index is 2.80. The van der Waals surface area contributed by atoms with Crippen LogP contribution in [0.4, 0.5) is 0 Å². The van der Waals surface area contributed by atoms with Gasteiger partial charge in [0.25, 0.3) is 0 Å². The number of primary amides is 1. The highest BCUT2D eigenvalue weighted by atomic mass is 16.2. The van der Waals surface area contributed by atoms with Gasteiger partial charge in [0.1, 0.15) is 0 Å². The molecule has 4 heteroatoms. The molecule has 114 valence electrons. The molecule has 1 aliphatic rings. The second-order valence-corrected chi connectivity index (χ2v) is 6.90. The second-order valence-electron chi connectivity index (χ2n) is 6.90. The Morgan fingerprint density at radius 3 is 2.35 bits per heavy atom. The van der Waals surface area contributed by atoms with Crippen LogP contribution in [0.5, 0.6) is 0 Å². The van der Waals surface area contributed by atoms with E-state index in [0.29, 0.717) is 18.8 Å². The maximum Gasteiger partial charge on any atom is 0.224 e. The molecule has 0 spiro atoms. The minimum Gasteiger partial charge on any atom is -0.369 e. The van der Waals surface area contributed by atoms with E-state index in [-0.39, 0.29) is 23.3 Å². The second kappa shape index (κ2) is 6.91. The summed E-state index contributed by atoms with van der Waals surface area (Å²) in [6.07, 6.45) is 6.17. The molecule has 3 N–H and O–H groups in total. The Morgan fingerprint density at radius 2 is 1.95 bits per heavy atom. The van der Waals surface area contributed by atoms with E-state index in [9.17, 15) is 9.59 Å². The zero-order valence-electron chi connectivity index (χ0n) is 12.9. The summed E-state index contributed by atoms with van der Waals surface area (Å²) in [4.78, 5) is 24.2. The number of nitrogens with one attached hydrogen (secondary N) is 1. The molecule has 20 heavy (non-hydrogen) atoms. The Bertz CT molecular complexity index is 367. The van der Waals surface area contributed by atoms with Crippen molar-refractivity contribution in [3.63, 3.8) is 0 Å². The normalized spacial score (nSPS) is 18.1. The number of allylic oxidation sites excluding steroid dienone is 1. The lowest BCUT2D eigenvalue weighted by molar-refractivity contribution is -0.135. The number of nitrogens with two attached hydrogens (primary N) is 1. The summed E-state index contributed by atoms with van der Waals surface area (Å²) in [6, 6.07) is 0. The molecule has 1 rings (SSSR count). The highest BCUT2D eigenvalue weighted by molar-refractivity contribution is 5.87. The van der Waals surface area contributed by atoms with Crippen LogP contribution in [-0.2, 0) is 9.59 Å². The fourth-order valence-corrected chi connectivity index (χ4v) is 2.47. The molecule has 4 nitrogen and oxygen atoms in total. The van der Waals surface area contributed by atoms with Crippen LogP contribution in [0.1, 0.15) is 52.9 Å². The van der Waals surface area contributed by atoms with E-state index in [0.717, 1.165) is 19.3 Å². The Labute approximate surface area is 122 Å². The summed E-state index contributed by atoms with van der Waals surface area (Å²) in [5.41, 5.74) is 5.23. The highest BCUT2D eigenvalue weighted by Gasteiger charge is 2.37. The molecule has 0 heterocycles. The first-order chi connectivity index (χ1) is 9.24. The van der Waals surface area contributed by atoms with E-state index >= 15 is 0 Å². The molecule has 2 amide bonds. The minimum atomic E-state index is -0.393. The van der Waals surface area contributed by atoms with Crippen LogP contribution in [0.3, 0.4) is 0 Å². The topological polar surface area (TPSA) is 72.2 Å². The summed E-state index contributed by atoms with van der Waals surface area (Å²) in [6.45, 7) is 9.52. The van der Waals surface area contributed by atoms with Gasteiger partial charge in [-0.25, -0.2) is 0 Å². The molecule has 0 aromatic carbocycles. The third kappa shape index (κ3) is 5.76. The molecule has 0 saturated heterocycles. The first kappa shape index (κ1) is 16.7. The molecule has 0 aliphatic heterocycles. The number of carbonyl (C=O) groups is 2. The smallest absolute Gasteiger partial charge is 0.224 e. The summed E-state index contributed by atoms with van der Waals surface area (Å²) < 4.78 is 0. The molecule has 0 radical (unpaired) electrons. The predicted octanol–water partition coefficient (Wildman–Crippen LogP) is 2.39. The van der Waals surface area contributed by atoms with Crippen LogP contribution in [0, 0.1) is 17.8 Å². The first-order valence-electron chi connectivity index (χ1n) is 7.47. The zero-order chi connectivity index (χ0) is 15.3. The molecule has 1 unspecified atom stereocenters. The Kier molecular flexibility index (Phi) is 5.78. The number of carbonyl (C=O) groups excluding carboxylic acids is 2. The summed E-state index contributed by atoms with van der Waals surface area (Å²) in [5.74, 6) is -0.537. The Hall–Kier alpha value is -1.32. The van der Waals surface area contributed by atoms with Crippen molar-refractivity contribution in [1.29, 1.82) is 0 Å². The standard InChI is InChI=1S/C16H28N2O2/c1-5-6-7-12(14(17)19)13(10-11-8-9-11)15(20)18-16(2,3)4/h5,11-13H,1,6-10H2,2-4H3,(H2,17,19)(H,18,20)/t12-,13?/m0/s1. The fourth-order valence-electron chi connectivity index (χ4n) is 2.47. The minimum absolute atomic E-state index is 0.0442. The van der Waals surface area contributed by atoms with Crippen molar-refractivity contribution in [2.45, 2.75) is 58.4 Å². The summed E-state index contributed by atoms with van der Waals surface area (Å²) in [7, 11) is 0. The molecule has 2 atom stereocenters. The molecule has 0 aromatic rings. The van der Waals surface area contributed by atoms with E-state index in [1.807, 2.05) is 20.8 Å². The molecule has 1 fully saturated rings. The summed E-state index contributed by atoms with van der Waals surface area (Å²) >= 11 is 0. The van der Waals surface area contributed by atoms with Crippen molar-refractivity contribution in [2.75, 3.05) is 0 Å². The van der Waals surface area contributed by atoms with Gasteiger partial charge < -0.3 is 11.1 Å². The van der Waals surface area contributed by atoms with Crippen LogP contribution in [0.2, 0.25) is 0 Å². The van der Waals surface area contributed by atoms with Gasteiger partial charge in [-0.1, -0.05) is 18.9 Å². The maximum absolute atomic E-state index is 12.5. The molecule has 1 saturated carbocycles. The van der Waals surface area contributed by atoms with E-state index in [4.69, 9.17) is 5.73 Å². The van der Waals surface area contributed by atoms with Crippen LogP contribution >= 0.6 is 0 Å². The fraction of sp³-hybridized carbons (Fsp3) is 0.750. The Morgan fingerprint density at radius 1 is 1.35 bits per heavy atom. The van der Waals surface area contributed by atoms with Gasteiger partial charge in [-0.05, 0) is 46.0 Å². The quantitative estimate of drug-likeness (QED) is 0.670. The lowest BCUT2D eigenvalue weighted by atomic mass is 9.82. The SMILES string of the molecule is C=CCC[C@H](C(N)=O)C(CC1CC1)C(=O)NC(C)(C)C. The predicted molar refractivity (Wildman–Crippen MR) is 80.8 cm³/mol. The van der Waals surface area contributed by atoms with Crippen LogP contribution in [0.15, 0.2) is 12.7 Å². The maximum atomic E-state index is 12.5. The average molecular weight is 280 g/mol. The van der Waals surface area contributed by atoms with Crippen molar-refractivity contribution in [3.05, 3.63) is 12.7 Å².